The van der Waals surface area contributed by atoms with Gasteiger partial charge in [0.25, 0.3) is 0 Å². The van der Waals surface area contributed by atoms with Crippen LogP contribution in [-0.2, 0) is 6.54 Å². The number of hydrogen-bond acceptors (Lipinski definition) is 1. The van der Waals surface area contributed by atoms with Gasteiger partial charge in [0.05, 0.1) is 0 Å². The van der Waals surface area contributed by atoms with Crippen molar-refractivity contribution >= 4 is 22.7 Å². The van der Waals surface area contributed by atoms with Crippen LogP contribution >= 0.6 is 17.0 Å². The quantitative estimate of drug-likeness (QED) is 0.887. The first kappa shape index (κ1) is 12.8. The van der Waals surface area contributed by atoms with Gasteiger partial charge in [-0.05, 0) is 24.1 Å². The Morgan fingerprint density at radius 3 is 2.19 bits per heavy atom. The van der Waals surface area contributed by atoms with E-state index >= 15 is 0 Å². The summed E-state index contributed by atoms with van der Waals surface area (Å²) in [5.41, 5.74) is 3.80. The van der Waals surface area contributed by atoms with E-state index in [-0.39, 0.29) is 17.0 Å². The van der Waals surface area contributed by atoms with E-state index in [0.29, 0.717) is 0 Å². The van der Waals surface area contributed by atoms with Crippen LogP contribution in [0.4, 0.5) is 5.69 Å². The summed E-state index contributed by atoms with van der Waals surface area (Å²) in [4.78, 5) is 0. The topological polar surface area (TPSA) is 12.0 Å². The molecular formula is C14H16BrN. The number of para-hydroxylation sites is 1. The molecule has 1 N–H and O–H groups in total. The van der Waals surface area contributed by atoms with Gasteiger partial charge in [-0.2, -0.15) is 0 Å². The van der Waals surface area contributed by atoms with E-state index in [0.717, 1.165) is 6.54 Å². The highest BCUT2D eigenvalue weighted by atomic mass is 79.9. The van der Waals surface area contributed by atoms with Crippen molar-refractivity contribution in [2.24, 2.45) is 0 Å². The fourth-order valence-corrected chi connectivity index (χ4v) is 1.56. The molecule has 0 aromatic heterocycles. The number of rotatable bonds is 3. The van der Waals surface area contributed by atoms with Crippen LogP contribution in [0.5, 0.6) is 0 Å². The number of halogens is 1. The summed E-state index contributed by atoms with van der Waals surface area (Å²) in [6.07, 6.45) is 0. The Kier molecular flexibility index (Phi) is 5.06. The maximum Gasteiger partial charge on any atom is 0.0400 e. The van der Waals surface area contributed by atoms with Crippen LogP contribution in [0.25, 0.3) is 0 Å². The molecule has 0 aliphatic carbocycles. The zero-order valence-electron chi connectivity index (χ0n) is 9.31. The molecule has 2 aromatic carbocycles. The molecule has 0 aliphatic heterocycles. The number of hydrogen-bond donors (Lipinski definition) is 1. The van der Waals surface area contributed by atoms with Crippen LogP contribution in [0.15, 0.2) is 54.6 Å². The average Bonchev–Trinajstić information content (AvgIpc) is 2.29. The van der Waals surface area contributed by atoms with Gasteiger partial charge in [-0.25, -0.2) is 0 Å². The van der Waals surface area contributed by atoms with E-state index in [2.05, 4.69) is 60.8 Å². The largest absolute Gasteiger partial charge is 0.381 e. The summed E-state index contributed by atoms with van der Waals surface area (Å²) in [6.45, 7) is 3.00. The summed E-state index contributed by atoms with van der Waals surface area (Å²) in [5, 5.41) is 3.43. The number of nitrogens with one attached hydrogen (secondary N) is 1. The molecule has 0 bridgehead atoms. The fraction of sp³-hybridized carbons (Fsp3) is 0.143. The summed E-state index contributed by atoms with van der Waals surface area (Å²) >= 11 is 0. The Morgan fingerprint density at radius 2 is 1.50 bits per heavy atom. The molecule has 0 fully saturated rings. The van der Waals surface area contributed by atoms with Crippen LogP contribution in [-0.4, -0.2) is 0 Å². The normalized spacial score (nSPS) is 9.31. The maximum absolute atomic E-state index is 3.43. The third-order valence-electron chi connectivity index (χ3n) is 2.47. The van der Waals surface area contributed by atoms with Crippen molar-refractivity contribution < 1.29 is 0 Å². The highest BCUT2D eigenvalue weighted by molar-refractivity contribution is 8.93. The van der Waals surface area contributed by atoms with E-state index in [1.165, 1.54) is 16.8 Å². The van der Waals surface area contributed by atoms with Gasteiger partial charge in [-0.15, -0.1) is 17.0 Å². The number of anilines is 1. The predicted molar refractivity (Wildman–Crippen MR) is 75.3 cm³/mol. The van der Waals surface area contributed by atoms with Crippen LogP contribution < -0.4 is 5.32 Å². The van der Waals surface area contributed by atoms with Gasteiger partial charge in [0.1, 0.15) is 0 Å². The highest BCUT2D eigenvalue weighted by Gasteiger charge is 1.95. The second-order valence-corrected chi connectivity index (χ2v) is 3.65. The van der Waals surface area contributed by atoms with Gasteiger partial charge in [0.2, 0.25) is 0 Å². The molecule has 16 heavy (non-hydrogen) atoms. The van der Waals surface area contributed by atoms with Crippen molar-refractivity contribution in [2.45, 2.75) is 13.5 Å². The lowest BCUT2D eigenvalue weighted by molar-refractivity contribution is 1.14. The van der Waals surface area contributed by atoms with Crippen molar-refractivity contribution in [3.8, 4) is 0 Å². The summed E-state index contributed by atoms with van der Waals surface area (Å²) in [5.74, 6) is 0. The Labute approximate surface area is 107 Å². The second-order valence-electron chi connectivity index (χ2n) is 3.65. The Hall–Kier alpha value is -1.28. The van der Waals surface area contributed by atoms with Crippen molar-refractivity contribution in [1.29, 1.82) is 0 Å². The van der Waals surface area contributed by atoms with Crippen molar-refractivity contribution in [1.82, 2.24) is 0 Å². The van der Waals surface area contributed by atoms with Crippen LogP contribution in [0.2, 0.25) is 0 Å². The third kappa shape index (κ3) is 3.38. The van der Waals surface area contributed by atoms with E-state index in [4.69, 9.17) is 0 Å². The number of benzene rings is 2. The molecule has 0 aliphatic rings. The van der Waals surface area contributed by atoms with E-state index in [1.807, 2.05) is 6.07 Å². The molecule has 0 unspecified atom stereocenters. The zero-order valence-corrected chi connectivity index (χ0v) is 11.0. The highest BCUT2D eigenvalue weighted by Crippen LogP contribution is 2.14. The third-order valence-corrected chi connectivity index (χ3v) is 2.47. The SMILES string of the molecule is Br.Cc1ccccc1NCc1ccccc1. The minimum absolute atomic E-state index is 0. The van der Waals surface area contributed by atoms with Gasteiger partial charge in [0, 0.05) is 12.2 Å². The average molecular weight is 278 g/mol. The minimum Gasteiger partial charge on any atom is -0.381 e. The van der Waals surface area contributed by atoms with Crippen molar-refractivity contribution in [3.05, 3.63) is 65.7 Å². The standard InChI is InChI=1S/C14H15N.BrH/c1-12-7-5-6-10-14(12)15-11-13-8-3-2-4-9-13;/h2-10,15H,11H2,1H3;1H. The molecule has 2 heteroatoms. The first-order valence-corrected chi connectivity index (χ1v) is 5.20. The fourth-order valence-electron chi connectivity index (χ4n) is 1.56. The lowest BCUT2D eigenvalue weighted by Crippen LogP contribution is -2.00. The Balaban J connectivity index is 0.00000128. The lowest BCUT2D eigenvalue weighted by atomic mass is 10.2. The molecule has 0 radical (unpaired) electrons. The monoisotopic (exact) mass is 277 g/mol. The Bertz CT molecular complexity index is 426. The Morgan fingerprint density at radius 1 is 0.875 bits per heavy atom. The summed E-state index contributed by atoms with van der Waals surface area (Å²) in [7, 11) is 0. The second kappa shape index (κ2) is 6.33. The lowest BCUT2D eigenvalue weighted by Gasteiger charge is -2.08. The van der Waals surface area contributed by atoms with Crippen LogP contribution in [0.1, 0.15) is 11.1 Å². The van der Waals surface area contributed by atoms with Gasteiger partial charge < -0.3 is 5.32 Å². The zero-order chi connectivity index (χ0) is 10.5. The summed E-state index contributed by atoms with van der Waals surface area (Å²) < 4.78 is 0. The molecule has 0 heterocycles. The number of aryl methyl sites for hydroxylation is 1. The van der Waals surface area contributed by atoms with Crippen LogP contribution in [0, 0.1) is 6.92 Å². The van der Waals surface area contributed by atoms with Crippen molar-refractivity contribution in [2.75, 3.05) is 5.32 Å². The molecule has 84 valence electrons. The molecule has 2 rings (SSSR count). The molecule has 0 saturated carbocycles. The smallest absolute Gasteiger partial charge is 0.0400 e. The van der Waals surface area contributed by atoms with Crippen molar-refractivity contribution in [3.63, 3.8) is 0 Å². The molecule has 2 aromatic rings. The first-order chi connectivity index (χ1) is 7.36. The van der Waals surface area contributed by atoms with E-state index < -0.39 is 0 Å². The van der Waals surface area contributed by atoms with E-state index in [1.54, 1.807) is 0 Å². The predicted octanol–water partition coefficient (Wildman–Crippen LogP) is 4.19. The summed E-state index contributed by atoms with van der Waals surface area (Å²) in [6, 6.07) is 18.8. The molecule has 0 spiro atoms. The van der Waals surface area contributed by atoms with Gasteiger partial charge in [-0.3, -0.25) is 0 Å². The van der Waals surface area contributed by atoms with Gasteiger partial charge in [0.15, 0.2) is 0 Å². The van der Waals surface area contributed by atoms with Gasteiger partial charge >= 0.3 is 0 Å². The minimum atomic E-state index is 0. The molecular weight excluding hydrogens is 262 g/mol. The molecule has 0 saturated heterocycles. The molecule has 0 atom stereocenters. The van der Waals surface area contributed by atoms with Gasteiger partial charge in [-0.1, -0.05) is 48.5 Å². The molecule has 1 nitrogen and oxygen atoms in total. The first-order valence-electron chi connectivity index (χ1n) is 5.20. The van der Waals surface area contributed by atoms with Crippen LogP contribution in [0.3, 0.4) is 0 Å². The maximum atomic E-state index is 3.43. The van der Waals surface area contributed by atoms with E-state index in [9.17, 15) is 0 Å². The molecule has 0 amide bonds.